The lowest BCUT2D eigenvalue weighted by molar-refractivity contribution is -0.119. The summed E-state index contributed by atoms with van der Waals surface area (Å²) in [7, 11) is 0. The maximum absolute atomic E-state index is 13.2. The smallest absolute Gasteiger partial charge is 0.230 e. The van der Waals surface area contributed by atoms with Gasteiger partial charge in [0.15, 0.2) is 0 Å². The molecule has 4 aromatic rings. The predicted molar refractivity (Wildman–Crippen MR) is 133 cm³/mol. The van der Waals surface area contributed by atoms with E-state index in [0.717, 1.165) is 49.9 Å². The summed E-state index contributed by atoms with van der Waals surface area (Å²) < 4.78 is 14.1. The fraction of sp³-hybridized carbons (Fsp3) is 0.200. The van der Waals surface area contributed by atoms with Crippen LogP contribution in [0.15, 0.2) is 66.0 Å². The number of amides is 2. The Balaban J connectivity index is 1.19. The third kappa shape index (κ3) is 4.95. The summed E-state index contributed by atoms with van der Waals surface area (Å²) >= 11 is 2.90. The maximum atomic E-state index is 13.2. The van der Waals surface area contributed by atoms with Gasteiger partial charge < -0.3 is 10.2 Å². The number of hydrogen-bond acceptors (Lipinski definition) is 6. The van der Waals surface area contributed by atoms with Crippen LogP contribution in [0.2, 0.25) is 0 Å². The monoisotopic (exact) mass is 492 g/mol. The molecule has 0 unspecified atom stereocenters. The van der Waals surface area contributed by atoms with Crippen molar-refractivity contribution in [2.45, 2.75) is 24.4 Å². The molecule has 2 aromatic carbocycles. The van der Waals surface area contributed by atoms with E-state index in [1.165, 1.54) is 41.6 Å². The fourth-order valence-electron chi connectivity index (χ4n) is 3.79. The molecule has 0 atom stereocenters. The van der Waals surface area contributed by atoms with E-state index < -0.39 is 0 Å². The molecule has 1 fully saturated rings. The highest BCUT2D eigenvalue weighted by Crippen LogP contribution is 2.36. The molecule has 0 aliphatic carbocycles. The topological polar surface area (TPSA) is 75.2 Å². The molecule has 2 aromatic heterocycles. The van der Waals surface area contributed by atoms with Crippen LogP contribution in [0.1, 0.15) is 18.4 Å². The molecule has 1 aliphatic rings. The number of nitrogens with one attached hydrogen (secondary N) is 1. The van der Waals surface area contributed by atoms with E-state index in [1.54, 1.807) is 17.0 Å². The minimum Gasteiger partial charge on any atom is -0.351 e. The van der Waals surface area contributed by atoms with Crippen LogP contribution < -0.4 is 10.2 Å². The average Bonchev–Trinajstić information content (AvgIpc) is 3.49. The highest BCUT2D eigenvalue weighted by molar-refractivity contribution is 8.00. The van der Waals surface area contributed by atoms with Gasteiger partial charge in [-0.05, 0) is 47.9 Å². The van der Waals surface area contributed by atoms with Crippen molar-refractivity contribution in [2.24, 2.45) is 0 Å². The van der Waals surface area contributed by atoms with Crippen molar-refractivity contribution in [1.82, 2.24) is 15.3 Å². The summed E-state index contributed by atoms with van der Waals surface area (Å²) in [5.41, 5.74) is 3.59. The molecular formula is C25H21FN4O2S2. The molecule has 2 amide bonds. The molecule has 1 aliphatic heterocycles. The molecule has 6 nitrogen and oxygen atoms in total. The van der Waals surface area contributed by atoms with E-state index in [-0.39, 0.29) is 23.4 Å². The Morgan fingerprint density at radius 3 is 2.65 bits per heavy atom. The third-order valence-electron chi connectivity index (χ3n) is 5.56. The molecule has 1 N–H and O–H groups in total. The van der Waals surface area contributed by atoms with E-state index in [4.69, 9.17) is 0 Å². The number of benzene rings is 2. The van der Waals surface area contributed by atoms with Crippen molar-refractivity contribution in [1.29, 1.82) is 0 Å². The highest BCUT2D eigenvalue weighted by atomic mass is 32.2. The summed E-state index contributed by atoms with van der Waals surface area (Å²) in [6.07, 6.45) is 3.00. The van der Waals surface area contributed by atoms with E-state index in [1.807, 2.05) is 30.3 Å². The van der Waals surface area contributed by atoms with E-state index in [2.05, 4.69) is 15.3 Å². The minimum atomic E-state index is -0.274. The second-order valence-corrected chi connectivity index (χ2v) is 9.91. The lowest BCUT2D eigenvalue weighted by Gasteiger charge is -2.16. The first-order chi connectivity index (χ1) is 16.6. The SMILES string of the molecule is O=C(CSc1ncnc2cc(-c3ccc(F)cc3)sc12)NCc1ccc(N2CCCC2=O)cc1. The normalized spacial score (nSPS) is 13.6. The maximum Gasteiger partial charge on any atom is 0.230 e. The lowest BCUT2D eigenvalue weighted by atomic mass is 10.2. The quantitative estimate of drug-likeness (QED) is 0.289. The Morgan fingerprint density at radius 1 is 1.12 bits per heavy atom. The standard InChI is InChI=1S/C25H21FN4O2S2/c26-18-7-5-17(6-8-18)21-12-20-24(34-21)25(29-15-28-20)33-14-22(31)27-13-16-3-9-19(10-4-16)30-11-1-2-23(30)32/h3-10,12,15H,1-2,11,13-14H2,(H,27,31). The first-order valence-corrected chi connectivity index (χ1v) is 12.7. The number of aromatic nitrogens is 2. The molecule has 0 spiro atoms. The van der Waals surface area contributed by atoms with Crippen LogP contribution in [0.5, 0.6) is 0 Å². The predicted octanol–water partition coefficient (Wildman–Crippen LogP) is 5.03. The van der Waals surface area contributed by atoms with Crippen LogP contribution in [0.3, 0.4) is 0 Å². The number of thioether (sulfide) groups is 1. The Bertz CT molecular complexity index is 1340. The zero-order valence-corrected chi connectivity index (χ0v) is 19.8. The van der Waals surface area contributed by atoms with Crippen LogP contribution in [-0.4, -0.2) is 34.1 Å². The second-order valence-electron chi connectivity index (χ2n) is 7.89. The van der Waals surface area contributed by atoms with Crippen LogP contribution >= 0.6 is 23.1 Å². The number of carbonyl (C=O) groups is 2. The number of fused-ring (bicyclic) bond motifs is 1. The van der Waals surface area contributed by atoms with Crippen molar-refractivity contribution in [3.63, 3.8) is 0 Å². The minimum absolute atomic E-state index is 0.0918. The lowest BCUT2D eigenvalue weighted by Crippen LogP contribution is -2.25. The summed E-state index contributed by atoms with van der Waals surface area (Å²) in [5.74, 6) is 0.0267. The van der Waals surface area contributed by atoms with Crippen molar-refractivity contribution in [2.75, 3.05) is 17.2 Å². The summed E-state index contributed by atoms with van der Waals surface area (Å²) in [4.78, 5) is 35.8. The zero-order valence-electron chi connectivity index (χ0n) is 18.2. The van der Waals surface area contributed by atoms with Gasteiger partial charge in [0.25, 0.3) is 0 Å². The van der Waals surface area contributed by atoms with Gasteiger partial charge in [0.1, 0.15) is 17.2 Å². The molecule has 172 valence electrons. The number of thiophene rings is 1. The largest absolute Gasteiger partial charge is 0.351 e. The van der Waals surface area contributed by atoms with Crippen molar-refractivity contribution >= 4 is 50.8 Å². The van der Waals surface area contributed by atoms with Gasteiger partial charge in [-0.15, -0.1) is 11.3 Å². The van der Waals surface area contributed by atoms with Gasteiger partial charge in [-0.25, -0.2) is 14.4 Å². The van der Waals surface area contributed by atoms with Crippen LogP contribution in [-0.2, 0) is 16.1 Å². The molecule has 5 rings (SSSR count). The molecule has 34 heavy (non-hydrogen) atoms. The van der Waals surface area contributed by atoms with Gasteiger partial charge in [-0.3, -0.25) is 9.59 Å². The molecule has 0 bridgehead atoms. The van der Waals surface area contributed by atoms with Gasteiger partial charge in [0.2, 0.25) is 11.8 Å². The summed E-state index contributed by atoms with van der Waals surface area (Å²) in [6.45, 7) is 1.18. The van der Waals surface area contributed by atoms with Crippen LogP contribution in [0.25, 0.3) is 20.7 Å². The molecule has 0 radical (unpaired) electrons. The summed E-state index contributed by atoms with van der Waals surface area (Å²) in [5, 5.41) is 3.68. The van der Waals surface area contributed by atoms with Gasteiger partial charge in [-0.2, -0.15) is 0 Å². The molecular weight excluding hydrogens is 471 g/mol. The number of anilines is 1. The van der Waals surface area contributed by atoms with Gasteiger partial charge in [-0.1, -0.05) is 36.0 Å². The summed E-state index contributed by atoms with van der Waals surface area (Å²) in [6, 6.07) is 16.0. The Morgan fingerprint density at radius 2 is 1.91 bits per heavy atom. The van der Waals surface area contributed by atoms with Crippen molar-refractivity contribution in [3.8, 4) is 10.4 Å². The Kier molecular flexibility index (Phi) is 6.55. The number of halogens is 1. The first-order valence-electron chi connectivity index (χ1n) is 10.9. The van der Waals surface area contributed by atoms with Gasteiger partial charge in [0, 0.05) is 30.1 Å². The van der Waals surface area contributed by atoms with E-state index in [9.17, 15) is 14.0 Å². The number of hydrogen-bond donors (Lipinski definition) is 1. The molecule has 1 saturated heterocycles. The van der Waals surface area contributed by atoms with Crippen LogP contribution in [0.4, 0.5) is 10.1 Å². The molecule has 9 heteroatoms. The third-order valence-corrected chi connectivity index (χ3v) is 7.86. The molecule has 3 heterocycles. The number of carbonyl (C=O) groups excluding carboxylic acids is 2. The Labute approximate surface area is 204 Å². The second kappa shape index (κ2) is 9.90. The fourth-order valence-corrected chi connectivity index (χ4v) is 5.82. The van der Waals surface area contributed by atoms with Gasteiger partial charge in [0.05, 0.1) is 16.0 Å². The van der Waals surface area contributed by atoms with Crippen molar-refractivity contribution in [3.05, 3.63) is 72.3 Å². The van der Waals surface area contributed by atoms with E-state index >= 15 is 0 Å². The number of rotatable bonds is 7. The molecule has 0 saturated carbocycles. The van der Waals surface area contributed by atoms with Crippen molar-refractivity contribution < 1.29 is 14.0 Å². The number of nitrogens with zero attached hydrogens (tertiary/aromatic N) is 3. The van der Waals surface area contributed by atoms with E-state index in [0.29, 0.717) is 13.0 Å². The first kappa shape index (κ1) is 22.5. The Hall–Kier alpha value is -3.30. The van der Waals surface area contributed by atoms with Crippen LogP contribution in [0, 0.1) is 5.82 Å². The highest BCUT2D eigenvalue weighted by Gasteiger charge is 2.21. The van der Waals surface area contributed by atoms with Gasteiger partial charge >= 0.3 is 0 Å². The zero-order chi connectivity index (χ0) is 23.5. The average molecular weight is 493 g/mol.